The van der Waals surface area contributed by atoms with E-state index in [0.717, 1.165) is 12.8 Å². The minimum atomic E-state index is -0.0824. The largest absolute Gasteiger partial charge is 0.473 e. The monoisotopic (exact) mass is 285 g/mol. The Hall–Kier alpha value is -2.57. The lowest BCUT2D eigenvalue weighted by Crippen LogP contribution is -2.42. The van der Waals surface area contributed by atoms with Crippen molar-refractivity contribution in [2.75, 3.05) is 13.1 Å². The Morgan fingerprint density at radius 3 is 2.38 bits per heavy atom. The molecule has 1 amide bonds. The number of hydrogen-bond acceptors (Lipinski definition) is 6. The van der Waals surface area contributed by atoms with Gasteiger partial charge in [0.2, 0.25) is 5.88 Å². The Kier molecular flexibility index (Phi) is 3.99. The average molecular weight is 285 g/mol. The molecule has 2 aromatic heterocycles. The Balaban J connectivity index is 1.54. The van der Waals surface area contributed by atoms with E-state index in [1.165, 1.54) is 12.4 Å². The van der Waals surface area contributed by atoms with Crippen LogP contribution in [0.2, 0.25) is 0 Å². The Morgan fingerprint density at radius 1 is 1.05 bits per heavy atom. The van der Waals surface area contributed by atoms with Crippen LogP contribution in [-0.4, -0.2) is 49.9 Å². The number of nitrogens with zero attached hydrogens (tertiary/aromatic N) is 5. The molecule has 1 saturated heterocycles. The van der Waals surface area contributed by atoms with Crippen molar-refractivity contribution in [3.63, 3.8) is 0 Å². The Bertz CT molecular complexity index is 585. The van der Waals surface area contributed by atoms with Gasteiger partial charge in [0.05, 0.1) is 12.4 Å². The highest BCUT2D eigenvalue weighted by Gasteiger charge is 2.25. The molecule has 0 atom stereocenters. The number of likely N-dealkylation sites (tertiary alicyclic amines) is 1. The SMILES string of the molecule is O=C(c1cnccn1)N1CCC(Oc2cnccn2)CC1. The summed E-state index contributed by atoms with van der Waals surface area (Å²) in [7, 11) is 0. The molecule has 0 unspecified atom stereocenters. The molecule has 0 aliphatic carbocycles. The third-order valence-electron chi connectivity index (χ3n) is 3.34. The molecule has 0 bridgehead atoms. The van der Waals surface area contributed by atoms with Crippen LogP contribution in [0.25, 0.3) is 0 Å². The summed E-state index contributed by atoms with van der Waals surface area (Å²) in [4.78, 5) is 30.0. The number of aromatic nitrogens is 4. The molecule has 2 aromatic rings. The second kappa shape index (κ2) is 6.25. The lowest BCUT2D eigenvalue weighted by Gasteiger charge is -2.31. The summed E-state index contributed by atoms with van der Waals surface area (Å²) in [5, 5.41) is 0. The molecule has 21 heavy (non-hydrogen) atoms. The van der Waals surface area contributed by atoms with Gasteiger partial charge in [0.15, 0.2) is 0 Å². The molecular formula is C14H15N5O2. The smallest absolute Gasteiger partial charge is 0.274 e. The average Bonchev–Trinajstić information content (AvgIpc) is 2.57. The van der Waals surface area contributed by atoms with Crippen LogP contribution in [0.15, 0.2) is 37.2 Å². The van der Waals surface area contributed by atoms with Crippen molar-refractivity contribution in [3.8, 4) is 5.88 Å². The van der Waals surface area contributed by atoms with E-state index in [1.54, 1.807) is 29.7 Å². The second-order valence-corrected chi connectivity index (χ2v) is 4.74. The van der Waals surface area contributed by atoms with Crippen LogP contribution in [-0.2, 0) is 0 Å². The van der Waals surface area contributed by atoms with E-state index >= 15 is 0 Å². The molecule has 0 spiro atoms. The molecule has 0 radical (unpaired) electrons. The predicted octanol–water partition coefficient (Wildman–Crippen LogP) is 0.950. The molecule has 3 rings (SSSR count). The summed E-state index contributed by atoms with van der Waals surface area (Å²) in [6.07, 6.45) is 11.0. The van der Waals surface area contributed by atoms with Crippen molar-refractivity contribution < 1.29 is 9.53 Å². The Morgan fingerprint density at radius 2 is 1.76 bits per heavy atom. The van der Waals surface area contributed by atoms with Crippen LogP contribution < -0.4 is 4.74 Å². The van der Waals surface area contributed by atoms with Gasteiger partial charge in [0.1, 0.15) is 11.8 Å². The molecule has 0 saturated carbocycles. The minimum absolute atomic E-state index is 0.0626. The van der Waals surface area contributed by atoms with Gasteiger partial charge < -0.3 is 9.64 Å². The number of carbonyl (C=O) groups is 1. The van der Waals surface area contributed by atoms with Crippen molar-refractivity contribution >= 4 is 5.91 Å². The van der Waals surface area contributed by atoms with Crippen LogP contribution >= 0.6 is 0 Å². The van der Waals surface area contributed by atoms with E-state index in [1.807, 2.05) is 0 Å². The fraction of sp³-hybridized carbons (Fsp3) is 0.357. The van der Waals surface area contributed by atoms with Crippen molar-refractivity contribution in [2.45, 2.75) is 18.9 Å². The minimum Gasteiger partial charge on any atom is -0.473 e. The fourth-order valence-electron chi connectivity index (χ4n) is 2.27. The maximum atomic E-state index is 12.2. The van der Waals surface area contributed by atoms with E-state index < -0.39 is 0 Å². The zero-order chi connectivity index (χ0) is 14.5. The maximum Gasteiger partial charge on any atom is 0.274 e. The van der Waals surface area contributed by atoms with E-state index in [2.05, 4.69) is 19.9 Å². The maximum absolute atomic E-state index is 12.2. The molecule has 0 N–H and O–H groups in total. The molecule has 108 valence electrons. The summed E-state index contributed by atoms with van der Waals surface area (Å²) < 4.78 is 5.75. The lowest BCUT2D eigenvalue weighted by molar-refractivity contribution is 0.0581. The first kappa shape index (κ1) is 13.4. The number of hydrogen-bond donors (Lipinski definition) is 0. The molecule has 1 fully saturated rings. The first-order valence-corrected chi connectivity index (χ1v) is 6.81. The van der Waals surface area contributed by atoms with E-state index in [4.69, 9.17) is 4.74 Å². The first-order chi connectivity index (χ1) is 10.3. The van der Waals surface area contributed by atoms with Gasteiger partial charge in [0, 0.05) is 50.7 Å². The number of ether oxygens (including phenoxy) is 1. The number of amides is 1. The van der Waals surface area contributed by atoms with Crippen LogP contribution in [0.4, 0.5) is 0 Å². The van der Waals surface area contributed by atoms with Gasteiger partial charge >= 0.3 is 0 Å². The quantitative estimate of drug-likeness (QED) is 0.835. The van der Waals surface area contributed by atoms with Crippen LogP contribution in [0, 0.1) is 0 Å². The third-order valence-corrected chi connectivity index (χ3v) is 3.34. The van der Waals surface area contributed by atoms with Crippen LogP contribution in [0.3, 0.4) is 0 Å². The summed E-state index contributed by atoms with van der Waals surface area (Å²) in [5.74, 6) is 0.442. The highest BCUT2D eigenvalue weighted by Crippen LogP contribution is 2.17. The summed E-state index contributed by atoms with van der Waals surface area (Å²) in [6.45, 7) is 1.28. The molecule has 7 nitrogen and oxygen atoms in total. The summed E-state index contributed by atoms with van der Waals surface area (Å²) >= 11 is 0. The van der Waals surface area contributed by atoms with Crippen molar-refractivity contribution in [2.24, 2.45) is 0 Å². The van der Waals surface area contributed by atoms with Gasteiger partial charge in [-0.25, -0.2) is 9.97 Å². The normalized spacial score (nSPS) is 15.7. The van der Waals surface area contributed by atoms with E-state index in [9.17, 15) is 4.79 Å². The van der Waals surface area contributed by atoms with Gasteiger partial charge in [-0.3, -0.25) is 14.8 Å². The van der Waals surface area contributed by atoms with Crippen LogP contribution in [0.5, 0.6) is 5.88 Å². The molecule has 0 aromatic carbocycles. The number of carbonyl (C=O) groups excluding carboxylic acids is 1. The molecule has 1 aliphatic rings. The first-order valence-electron chi connectivity index (χ1n) is 6.81. The zero-order valence-electron chi connectivity index (χ0n) is 11.4. The Labute approximate surface area is 122 Å². The fourth-order valence-corrected chi connectivity index (χ4v) is 2.27. The highest BCUT2D eigenvalue weighted by atomic mass is 16.5. The highest BCUT2D eigenvalue weighted by molar-refractivity contribution is 5.92. The molecule has 7 heteroatoms. The van der Waals surface area contributed by atoms with Gasteiger partial charge in [-0.1, -0.05) is 0 Å². The van der Waals surface area contributed by atoms with Gasteiger partial charge in [-0.15, -0.1) is 0 Å². The second-order valence-electron chi connectivity index (χ2n) is 4.74. The topological polar surface area (TPSA) is 81.1 Å². The van der Waals surface area contributed by atoms with Gasteiger partial charge in [-0.05, 0) is 0 Å². The summed E-state index contributed by atoms with van der Waals surface area (Å²) in [6, 6.07) is 0. The molecule has 1 aliphatic heterocycles. The van der Waals surface area contributed by atoms with Crippen LogP contribution in [0.1, 0.15) is 23.3 Å². The number of piperidine rings is 1. The third kappa shape index (κ3) is 3.31. The van der Waals surface area contributed by atoms with Crippen molar-refractivity contribution in [1.82, 2.24) is 24.8 Å². The number of rotatable bonds is 3. The predicted molar refractivity (Wildman–Crippen MR) is 73.6 cm³/mol. The van der Waals surface area contributed by atoms with Crippen molar-refractivity contribution in [3.05, 3.63) is 42.9 Å². The molecular weight excluding hydrogens is 270 g/mol. The standard InChI is InChI=1S/C14H15N5O2/c20-14(12-9-15-3-5-17-12)19-7-1-11(2-8-19)21-13-10-16-4-6-18-13/h3-6,9-11H,1-2,7-8H2. The van der Waals surface area contributed by atoms with E-state index in [0.29, 0.717) is 24.7 Å². The summed E-state index contributed by atoms with van der Waals surface area (Å²) in [5.41, 5.74) is 0.380. The van der Waals surface area contributed by atoms with E-state index in [-0.39, 0.29) is 12.0 Å². The molecule has 3 heterocycles. The van der Waals surface area contributed by atoms with Gasteiger partial charge in [-0.2, -0.15) is 0 Å². The van der Waals surface area contributed by atoms with Crippen molar-refractivity contribution in [1.29, 1.82) is 0 Å². The van der Waals surface area contributed by atoms with Gasteiger partial charge in [0.25, 0.3) is 5.91 Å². The lowest BCUT2D eigenvalue weighted by atomic mass is 10.1. The zero-order valence-corrected chi connectivity index (χ0v) is 11.4.